The third-order valence-corrected chi connectivity index (χ3v) is 10.2. The second-order valence-electron chi connectivity index (χ2n) is 12.5. The number of rotatable bonds is 11. The molecule has 0 aliphatic carbocycles. The van der Waals surface area contributed by atoms with Crippen molar-refractivity contribution >= 4 is 54.8 Å². The van der Waals surface area contributed by atoms with Crippen molar-refractivity contribution in [1.82, 2.24) is 14.9 Å². The summed E-state index contributed by atoms with van der Waals surface area (Å²) < 4.78 is 21.5. The second kappa shape index (κ2) is 15.3. The van der Waals surface area contributed by atoms with Crippen LogP contribution in [0.4, 0.5) is 14.7 Å². The molecule has 11 heteroatoms. The molecule has 2 aromatic heterocycles. The van der Waals surface area contributed by atoms with Crippen molar-refractivity contribution in [3.63, 3.8) is 0 Å². The normalized spacial score (nSPS) is 12.6. The summed E-state index contributed by atoms with van der Waals surface area (Å²) in [6.45, 7) is 5.85. The number of hydrogen-bond donors (Lipinski definition) is 1. The van der Waals surface area contributed by atoms with Gasteiger partial charge in [0.25, 0.3) is 5.91 Å². The average molecular weight is 698 g/mol. The standard InChI is InChI=1S/C38H38FN5O3S2.H2/c1-24(2)35(45)34-33(15-9-21-47-31-17-16-25(22-29(31)39)10-8-19-43(3)4)49-38(41-34)44-20-18-26-11-7-12-27(28(26)23-44)36(46)42-37-40-30-13-5-6-14-32(30)48-37;/h5-7,11-14,16-17,22,24H,9,15,18-21,23H2,1-4H3,(H,40,42,46);1H. The van der Waals surface area contributed by atoms with E-state index in [0.29, 0.717) is 47.9 Å². The van der Waals surface area contributed by atoms with Gasteiger partial charge in [0, 0.05) is 36.4 Å². The number of fused-ring (bicyclic) bond motifs is 2. The molecular weight excluding hydrogens is 658 g/mol. The van der Waals surface area contributed by atoms with Crippen molar-refractivity contribution in [3.05, 3.63) is 99.3 Å². The molecule has 0 bridgehead atoms. The molecule has 5 aromatic rings. The molecule has 0 fully saturated rings. The fourth-order valence-corrected chi connectivity index (χ4v) is 7.56. The van der Waals surface area contributed by atoms with Gasteiger partial charge in [-0.25, -0.2) is 14.4 Å². The number of anilines is 2. The first-order valence-electron chi connectivity index (χ1n) is 16.3. The summed E-state index contributed by atoms with van der Waals surface area (Å²) >= 11 is 2.95. The maximum atomic E-state index is 14.7. The molecule has 254 valence electrons. The molecule has 0 saturated carbocycles. The summed E-state index contributed by atoms with van der Waals surface area (Å²) in [4.78, 5) is 41.2. The summed E-state index contributed by atoms with van der Waals surface area (Å²) in [6, 6.07) is 18.4. The van der Waals surface area contributed by atoms with Gasteiger partial charge in [-0.15, -0.1) is 11.3 Å². The molecule has 49 heavy (non-hydrogen) atoms. The van der Waals surface area contributed by atoms with Gasteiger partial charge in [0.15, 0.2) is 27.6 Å². The lowest BCUT2D eigenvalue weighted by Gasteiger charge is -2.29. The molecule has 1 N–H and O–H groups in total. The second-order valence-corrected chi connectivity index (χ2v) is 14.6. The van der Waals surface area contributed by atoms with Crippen molar-refractivity contribution in [2.24, 2.45) is 5.92 Å². The third-order valence-electron chi connectivity index (χ3n) is 8.11. The van der Waals surface area contributed by atoms with Crippen molar-refractivity contribution in [2.75, 3.05) is 44.0 Å². The number of nitrogens with zero attached hydrogens (tertiary/aromatic N) is 4. The Bertz CT molecular complexity index is 2030. The predicted molar refractivity (Wildman–Crippen MR) is 198 cm³/mol. The number of aromatic nitrogens is 2. The van der Waals surface area contributed by atoms with Crippen LogP contribution >= 0.6 is 22.7 Å². The van der Waals surface area contributed by atoms with Gasteiger partial charge in [-0.3, -0.25) is 19.8 Å². The fraction of sp³-hybridized carbons (Fsp3) is 0.316. The average Bonchev–Trinajstić information content (AvgIpc) is 3.70. The van der Waals surface area contributed by atoms with Crippen molar-refractivity contribution in [3.8, 4) is 17.6 Å². The largest absolute Gasteiger partial charge is 0.491 e. The first kappa shape index (κ1) is 34.2. The molecule has 1 aliphatic heterocycles. The number of halogens is 1. The van der Waals surface area contributed by atoms with Crippen LogP contribution in [0.3, 0.4) is 0 Å². The first-order chi connectivity index (χ1) is 23.7. The number of aryl methyl sites for hydroxylation is 1. The smallest absolute Gasteiger partial charge is 0.257 e. The summed E-state index contributed by atoms with van der Waals surface area (Å²) in [7, 11) is 3.86. The number of nitrogens with one attached hydrogen (secondary N) is 1. The third kappa shape index (κ3) is 8.16. The van der Waals surface area contributed by atoms with Crippen molar-refractivity contribution in [1.29, 1.82) is 0 Å². The Labute approximate surface area is 295 Å². The van der Waals surface area contributed by atoms with E-state index in [-0.39, 0.29) is 31.4 Å². The van der Waals surface area contributed by atoms with Gasteiger partial charge >= 0.3 is 0 Å². The maximum Gasteiger partial charge on any atom is 0.257 e. The van der Waals surface area contributed by atoms with Gasteiger partial charge < -0.3 is 9.64 Å². The van der Waals surface area contributed by atoms with E-state index >= 15 is 0 Å². The van der Waals surface area contributed by atoms with Crippen LogP contribution in [0, 0.1) is 23.6 Å². The zero-order valence-electron chi connectivity index (χ0n) is 28.0. The summed E-state index contributed by atoms with van der Waals surface area (Å²) in [5, 5.41) is 4.32. The molecule has 3 heterocycles. The van der Waals surface area contributed by atoms with Gasteiger partial charge in [-0.2, -0.15) is 0 Å². The number of ketones is 1. The van der Waals surface area contributed by atoms with Crippen molar-refractivity contribution in [2.45, 2.75) is 39.7 Å². The Balaban J connectivity index is 0.00000486. The SMILES string of the molecule is CC(C)C(=O)c1nc(N2CCc3cccc(C(=O)Nc4nc5ccccc5s4)c3C2)sc1CCCOc1ccc(C#CCN(C)C)cc1F.[HH]. The summed E-state index contributed by atoms with van der Waals surface area (Å²) in [5.41, 5.74) is 4.61. The maximum absolute atomic E-state index is 14.7. The number of para-hydroxylation sites is 1. The lowest BCUT2D eigenvalue weighted by molar-refractivity contribution is 0.0933. The Morgan fingerprint density at radius 3 is 2.71 bits per heavy atom. The van der Waals surface area contributed by atoms with Gasteiger partial charge in [-0.1, -0.05) is 61.3 Å². The van der Waals surface area contributed by atoms with E-state index in [1.54, 1.807) is 12.1 Å². The minimum atomic E-state index is -0.453. The highest BCUT2D eigenvalue weighted by molar-refractivity contribution is 7.22. The zero-order valence-corrected chi connectivity index (χ0v) is 29.6. The molecule has 0 atom stereocenters. The Kier molecular flexibility index (Phi) is 10.7. The molecule has 3 aromatic carbocycles. The van der Waals surface area contributed by atoms with Crippen LogP contribution in [0.5, 0.6) is 5.75 Å². The number of carbonyl (C=O) groups is 2. The van der Waals surface area contributed by atoms with Gasteiger partial charge in [0.1, 0.15) is 5.69 Å². The van der Waals surface area contributed by atoms with E-state index in [1.165, 1.54) is 28.7 Å². The molecule has 0 radical (unpaired) electrons. The van der Waals surface area contributed by atoms with E-state index in [1.807, 2.05) is 69.2 Å². The molecule has 0 spiro atoms. The van der Waals surface area contributed by atoms with E-state index in [4.69, 9.17) is 9.72 Å². The Hall–Kier alpha value is -4.63. The molecule has 0 unspecified atom stereocenters. The van der Waals surface area contributed by atoms with Gasteiger partial charge in [0.2, 0.25) is 0 Å². The van der Waals surface area contributed by atoms with Gasteiger partial charge in [0.05, 0.1) is 23.4 Å². The van der Waals surface area contributed by atoms with E-state index in [2.05, 4.69) is 33.1 Å². The lowest BCUT2D eigenvalue weighted by Crippen LogP contribution is -2.32. The fourth-order valence-electron chi connectivity index (χ4n) is 5.57. The topological polar surface area (TPSA) is 87.7 Å². The number of amides is 1. The quantitative estimate of drug-likeness (QED) is 0.0860. The number of thiazole rings is 2. The molecular formula is C38H40FN5O3S2. The van der Waals surface area contributed by atoms with Crippen LogP contribution in [0.15, 0.2) is 60.7 Å². The number of hydrogen-bond acceptors (Lipinski definition) is 9. The van der Waals surface area contributed by atoms with Crippen LogP contribution in [0.1, 0.15) is 64.1 Å². The number of carbonyl (C=O) groups excluding carboxylic acids is 2. The highest BCUT2D eigenvalue weighted by Gasteiger charge is 2.27. The molecule has 0 saturated heterocycles. The van der Waals surface area contributed by atoms with Crippen LogP contribution in [-0.4, -0.2) is 60.4 Å². The van der Waals surface area contributed by atoms with Crippen LogP contribution < -0.4 is 15.0 Å². The minimum absolute atomic E-state index is 0. The van der Waals surface area contributed by atoms with Crippen LogP contribution in [0.2, 0.25) is 0 Å². The highest BCUT2D eigenvalue weighted by atomic mass is 32.1. The Morgan fingerprint density at radius 1 is 1.10 bits per heavy atom. The number of Topliss-reactive ketones (excluding diaryl/α,β-unsaturated/α-hetero) is 1. The van der Waals surface area contributed by atoms with Gasteiger partial charge in [-0.05, 0) is 80.9 Å². The number of benzene rings is 3. The summed E-state index contributed by atoms with van der Waals surface area (Å²) in [6.07, 6.45) is 1.91. The molecule has 1 amide bonds. The van der Waals surface area contributed by atoms with E-state index in [9.17, 15) is 14.0 Å². The number of ether oxygens (including phenoxy) is 1. The lowest BCUT2D eigenvalue weighted by atomic mass is 9.94. The molecule has 1 aliphatic rings. The van der Waals surface area contributed by atoms with Crippen LogP contribution in [-0.2, 0) is 19.4 Å². The monoisotopic (exact) mass is 697 g/mol. The van der Waals surface area contributed by atoms with E-state index < -0.39 is 5.82 Å². The van der Waals surface area contributed by atoms with E-state index in [0.717, 1.165) is 44.3 Å². The first-order valence-corrected chi connectivity index (χ1v) is 17.9. The molecule has 6 rings (SSSR count). The zero-order chi connectivity index (χ0) is 34.5. The van der Waals surface area contributed by atoms with Crippen LogP contribution in [0.25, 0.3) is 10.2 Å². The van der Waals surface area contributed by atoms with Crippen molar-refractivity contribution < 1.29 is 20.1 Å². The minimum Gasteiger partial charge on any atom is -0.491 e. The Morgan fingerprint density at radius 2 is 1.94 bits per heavy atom. The highest BCUT2D eigenvalue weighted by Crippen LogP contribution is 2.34. The summed E-state index contributed by atoms with van der Waals surface area (Å²) in [5.74, 6) is 5.28. The predicted octanol–water partition coefficient (Wildman–Crippen LogP) is 7.72. The molecule has 8 nitrogen and oxygen atoms in total.